The third-order valence-corrected chi connectivity index (χ3v) is 3.57. The van der Waals surface area contributed by atoms with Gasteiger partial charge in [0.05, 0.1) is 26.4 Å². The van der Waals surface area contributed by atoms with Crippen molar-refractivity contribution in [1.82, 2.24) is 0 Å². The summed E-state index contributed by atoms with van der Waals surface area (Å²) < 4.78 is 22.8. The molecule has 0 aliphatic carbocycles. The van der Waals surface area contributed by atoms with Crippen LogP contribution in [0, 0.1) is 0 Å². The smallest absolute Gasteiger partial charge is 0.330 e. The SMILES string of the molecule is CCCCOC(=O)C=Cc1cc(OCCC)c(OCCC)c(OCCC)c1. The molecule has 0 spiro atoms. The molecule has 0 N–H and O–H groups in total. The van der Waals surface area contributed by atoms with Crippen LogP contribution in [0.4, 0.5) is 0 Å². The molecule has 0 unspecified atom stereocenters. The molecular weight excluding hydrogens is 344 g/mol. The minimum absolute atomic E-state index is 0.346. The molecule has 0 amide bonds. The fourth-order valence-electron chi connectivity index (χ4n) is 2.21. The molecule has 0 radical (unpaired) electrons. The van der Waals surface area contributed by atoms with Crippen LogP contribution < -0.4 is 14.2 Å². The van der Waals surface area contributed by atoms with Gasteiger partial charge >= 0.3 is 5.97 Å². The maximum Gasteiger partial charge on any atom is 0.330 e. The molecule has 152 valence electrons. The number of hydrogen-bond donors (Lipinski definition) is 0. The average molecular weight is 379 g/mol. The Morgan fingerprint density at radius 2 is 1.37 bits per heavy atom. The minimum atomic E-state index is -0.346. The molecule has 0 saturated carbocycles. The molecule has 1 aromatic rings. The van der Waals surface area contributed by atoms with E-state index in [1.54, 1.807) is 6.08 Å². The van der Waals surface area contributed by atoms with Crippen molar-refractivity contribution in [3.8, 4) is 17.2 Å². The monoisotopic (exact) mass is 378 g/mol. The van der Waals surface area contributed by atoms with E-state index >= 15 is 0 Å². The second-order valence-electron chi connectivity index (χ2n) is 6.25. The van der Waals surface area contributed by atoms with Gasteiger partial charge in [0.15, 0.2) is 11.5 Å². The Bertz CT molecular complexity index is 551. The van der Waals surface area contributed by atoms with Crippen molar-refractivity contribution in [3.63, 3.8) is 0 Å². The zero-order valence-electron chi connectivity index (χ0n) is 17.2. The zero-order valence-corrected chi connectivity index (χ0v) is 17.2. The molecule has 0 heterocycles. The second kappa shape index (κ2) is 14.0. The van der Waals surface area contributed by atoms with Crippen LogP contribution in [0.25, 0.3) is 6.08 Å². The normalized spacial score (nSPS) is 10.8. The predicted octanol–water partition coefficient (Wildman–Crippen LogP) is 5.41. The first-order valence-corrected chi connectivity index (χ1v) is 10.1. The summed E-state index contributed by atoms with van der Waals surface area (Å²) in [5, 5.41) is 0. The van der Waals surface area contributed by atoms with E-state index in [0.717, 1.165) is 37.7 Å². The van der Waals surface area contributed by atoms with Gasteiger partial charge in [0, 0.05) is 6.08 Å². The molecule has 0 aliphatic heterocycles. The van der Waals surface area contributed by atoms with Crippen molar-refractivity contribution in [1.29, 1.82) is 0 Å². The lowest BCUT2D eigenvalue weighted by molar-refractivity contribution is -0.137. The molecular formula is C22H34O5. The van der Waals surface area contributed by atoms with Crippen LogP contribution in [-0.2, 0) is 9.53 Å². The second-order valence-corrected chi connectivity index (χ2v) is 6.25. The molecule has 0 aromatic heterocycles. The summed E-state index contributed by atoms with van der Waals surface area (Å²) in [7, 11) is 0. The lowest BCUT2D eigenvalue weighted by atomic mass is 10.1. The molecule has 0 fully saturated rings. The average Bonchev–Trinajstić information content (AvgIpc) is 2.68. The molecule has 1 rings (SSSR count). The highest BCUT2D eigenvalue weighted by Gasteiger charge is 2.15. The van der Waals surface area contributed by atoms with Crippen molar-refractivity contribution < 1.29 is 23.7 Å². The number of ether oxygens (including phenoxy) is 4. The van der Waals surface area contributed by atoms with Crippen molar-refractivity contribution in [2.75, 3.05) is 26.4 Å². The molecule has 0 atom stereocenters. The summed E-state index contributed by atoms with van der Waals surface area (Å²) in [6.45, 7) is 10.4. The van der Waals surface area contributed by atoms with Gasteiger partial charge in [-0.1, -0.05) is 34.1 Å². The van der Waals surface area contributed by atoms with Crippen molar-refractivity contribution >= 4 is 12.0 Å². The fourth-order valence-corrected chi connectivity index (χ4v) is 2.21. The molecule has 1 aromatic carbocycles. The number of carbonyl (C=O) groups excluding carboxylic acids is 1. The third kappa shape index (κ3) is 8.85. The van der Waals surface area contributed by atoms with E-state index in [1.807, 2.05) is 12.1 Å². The molecule has 27 heavy (non-hydrogen) atoms. The van der Waals surface area contributed by atoms with Gasteiger partial charge in [0.25, 0.3) is 0 Å². The first-order chi connectivity index (χ1) is 13.2. The predicted molar refractivity (Wildman–Crippen MR) is 109 cm³/mol. The summed E-state index contributed by atoms with van der Waals surface area (Å²) in [5.41, 5.74) is 0.809. The van der Waals surface area contributed by atoms with Crippen molar-refractivity contribution in [2.45, 2.75) is 59.8 Å². The van der Waals surface area contributed by atoms with Crippen molar-refractivity contribution in [2.24, 2.45) is 0 Å². The summed E-state index contributed by atoms with van der Waals surface area (Å²) >= 11 is 0. The van der Waals surface area contributed by atoms with Gasteiger partial charge in [-0.05, 0) is 49.5 Å². The van der Waals surface area contributed by atoms with Crippen molar-refractivity contribution in [3.05, 3.63) is 23.8 Å². The maximum atomic E-state index is 11.8. The van der Waals surface area contributed by atoms with Crippen LogP contribution >= 0.6 is 0 Å². The van der Waals surface area contributed by atoms with E-state index < -0.39 is 0 Å². The number of rotatable bonds is 14. The maximum absolute atomic E-state index is 11.8. The van der Waals surface area contributed by atoms with Crippen LogP contribution in [0.5, 0.6) is 17.2 Å². The Labute approximate surface area is 163 Å². The van der Waals surface area contributed by atoms with Gasteiger partial charge in [0.1, 0.15) is 0 Å². The standard InChI is InChI=1S/C22H34O5/c1-5-9-15-26-21(23)11-10-18-16-19(24-12-6-2)22(27-14-8-4)20(17-18)25-13-7-3/h10-11,16-17H,5-9,12-15H2,1-4H3. The lowest BCUT2D eigenvalue weighted by Gasteiger charge is -2.17. The van der Waals surface area contributed by atoms with Crippen LogP contribution in [-0.4, -0.2) is 32.4 Å². The van der Waals surface area contributed by atoms with E-state index in [4.69, 9.17) is 18.9 Å². The Morgan fingerprint density at radius 1 is 0.815 bits per heavy atom. The van der Waals surface area contributed by atoms with Gasteiger partial charge in [-0.2, -0.15) is 0 Å². The molecule has 0 aliphatic rings. The van der Waals surface area contributed by atoms with Gasteiger partial charge in [0.2, 0.25) is 5.75 Å². The molecule has 5 heteroatoms. The summed E-state index contributed by atoms with van der Waals surface area (Å²) in [6, 6.07) is 3.74. The van der Waals surface area contributed by atoms with E-state index in [0.29, 0.717) is 43.7 Å². The van der Waals surface area contributed by atoms with E-state index in [1.165, 1.54) is 6.08 Å². The quantitative estimate of drug-likeness (QED) is 0.246. The number of carbonyl (C=O) groups is 1. The molecule has 0 saturated heterocycles. The third-order valence-electron chi connectivity index (χ3n) is 3.57. The summed E-state index contributed by atoms with van der Waals surface area (Å²) in [6.07, 6.45) is 7.69. The highest BCUT2D eigenvalue weighted by molar-refractivity contribution is 5.87. The van der Waals surface area contributed by atoms with E-state index in [9.17, 15) is 4.79 Å². The summed E-state index contributed by atoms with van der Waals surface area (Å²) in [5.74, 6) is 1.55. The number of hydrogen-bond acceptors (Lipinski definition) is 5. The highest BCUT2D eigenvalue weighted by Crippen LogP contribution is 2.39. The van der Waals surface area contributed by atoms with Crippen LogP contribution in [0.2, 0.25) is 0 Å². The van der Waals surface area contributed by atoms with Gasteiger partial charge in [-0.15, -0.1) is 0 Å². The Morgan fingerprint density at radius 3 is 1.89 bits per heavy atom. The number of esters is 1. The van der Waals surface area contributed by atoms with E-state index in [-0.39, 0.29) is 5.97 Å². The first-order valence-electron chi connectivity index (χ1n) is 10.1. The Balaban J connectivity index is 3.06. The lowest BCUT2D eigenvalue weighted by Crippen LogP contribution is -2.05. The van der Waals surface area contributed by atoms with Crippen LogP contribution in [0.15, 0.2) is 18.2 Å². The number of unbranched alkanes of at least 4 members (excludes halogenated alkanes) is 1. The van der Waals surface area contributed by atoms with Gasteiger partial charge in [-0.25, -0.2) is 4.79 Å². The molecule has 5 nitrogen and oxygen atoms in total. The minimum Gasteiger partial charge on any atom is -0.490 e. The first kappa shape index (κ1) is 22.9. The largest absolute Gasteiger partial charge is 0.490 e. The molecule has 0 bridgehead atoms. The fraction of sp³-hybridized carbons (Fsp3) is 0.591. The summed E-state index contributed by atoms with van der Waals surface area (Å²) in [4.78, 5) is 11.8. The van der Waals surface area contributed by atoms with Crippen LogP contribution in [0.3, 0.4) is 0 Å². The van der Waals surface area contributed by atoms with Crippen LogP contribution in [0.1, 0.15) is 65.4 Å². The highest BCUT2D eigenvalue weighted by atomic mass is 16.5. The Hall–Kier alpha value is -2.17. The van der Waals surface area contributed by atoms with Gasteiger partial charge in [-0.3, -0.25) is 0 Å². The number of benzene rings is 1. The van der Waals surface area contributed by atoms with E-state index in [2.05, 4.69) is 27.7 Å². The topological polar surface area (TPSA) is 54.0 Å². The zero-order chi connectivity index (χ0) is 19.9. The Kier molecular flexibility index (Phi) is 11.8. The van der Waals surface area contributed by atoms with Gasteiger partial charge < -0.3 is 18.9 Å².